The number of halogens is 3. The third-order valence-corrected chi connectivity index (χ3v) is 5.97. The highest BCUT2D eigenvalue weighted by molar-refractivity contribution is 6.10. The Kier molecular flexibility index (Phi) is 6.68. The van der Waals surface area contributed by atoms with Crippen molar-refractivity contribution in [2.45, 2.75) is 50.4 Å². The first-order chi connectivity index (χ1) is 16.3. The fraction of sp³-hybridized carbons (Fsp3) is 0.360. The van der Waals surface area contributed by atoms with Crippen molar-refractivity contribution >= 4 is 17.5 Å². The second-order valence-corrected chi connectivity index (χ2v) is 8.19. The van der Waals surface area contributed by atoms with Crippen LogP contribution in [0.3, 0.4) is 0 Å². The van der Waals surface area contributed by atoms with Crippen molar-refractivity contribution in [1.29, 1.82) is 0 Å². The molecule has 1 N–H and O–H groups in total. The Balaban J connectivity index is 1.83. The maximum absolute atomic E-state index is 13.6. The number of nitrogens with one attached hydrogen (secondary N) is 1. The normalized spacial score (nSPS) is 16.4. The molecule has 2 amide bonds. The minimum absolute atomic E-state index is 0.0873. The molecule has 2 aliphatic rings. The number of carbonyl (C=O) groups is 2. The van der Waals surface area contributed by atoms with Gasteiger partial charge in [-0.1, -0.05) is 37.5 Å². The zero-order valence-corrected chi connectivity index (χ0v) is 18.2. The number of amides is 2. The minimum atomic E-state index is -4.65. The molecule has 2 aromatic rings. The molecule has 0 bridgehead atoms. The van der Waals surface area contributed by atoms with E-state index in [9.17, 15) is 22.8 Å². The highest BCUT2D eigenvalue weighted by atomic mass is 19.4. The molecule has 1 fully saturated rings. The lowest BCUT2D eigenvalue weighted by Gasteiger charge is -2.33. The summed E-state index contributed by atoms with van der Waals surface area (Å²) < 4.78 is 51.2. The summed E-state index contributed by atoms with van der Waals surface area (Å²) in [6.07, 6.45) is 5.27. The van der Waals surface area contributed by atoms with Gasteiger partial charge in [-0.2, -0.15) is 13.2 Å². The van der Waals surface area contributed by atoms with Gasteiger partial charge in [0.25, 0.3) is 0 Å². The Morgan fingerprint density at radius 3 is 2.53 bits per heavy atom. The molecule has 1 atom stereocenters. The SMILES string of the molecule is C#CC(=O)N(c1cccc(C(F)(F)F)c1)C(C(=O)NC1CCCCC1)c1cccc2c1OCO2. The average molecular weight is 472 g/mol. The standard InChI is InChI=1S/C25H23F3N2O4/c1-2-21(31)30(18-11-6-8-16(14-18)25(26,27)28)22(24(32)29-17-9-4-3-5-10-17)19-12-7-13-20-23(19)34-15-33-20/h1,6-8,11-14,17,22H,3-5,9-10,15H2,(H,29,32). The molecule has 178 valence electrons. The van der Waals surface area contributed by atoms with E-state index in [-0.39, 0.29) is 29.8 Å². The number of carbonyl (C=O) groups excluding carboxylic acids is 2. The summed E-state index contributed by atoms with van der Waals surface area (Å²) >= 11 is 0. The van der Waals surface area contributed by atoms with Gasteiger partial charge in [0.05, 0.1) is 5.56 Å². The van der Waals surface area contributed by atoms with Crippen molar-refractivity contribution in [3.63, 3.8) is 0 Å². The van der Waals surface area contributed by atoms with Crippen LogP contribution in [0.2, 0.25) is 0 Å². The number of terminal acetylenes is 1. The minimum Gasteiger partial charge on any atom is -0.454 e. The molecule has 0 saturated heterocycles. The van der Waals surface area contributed by atoms with E-state index in [1.165, 1.54) is 12.1 Å². The molecule has 0 aromatic heterocycles. The monoisotopic (exact) mass is 472 g/mol. The van der Waals surface area contributed by atoms with E-state index in [1.807, 2.05) is 5.92 Å². The summed E-state index contributed by atoms with van der Waals surface area (Å²) in [6.45, 7) is -0.0873. The van der Waals surface area contributed by atoms with Crippen LogP contribution in [0.25, 0.3) is 0 Å². The van der Waals surface area contributed by atoms with Crippen LogP contribution in [0.1, 0.15) is 49.3 Å². The van der Waals surface area contributed by atoms with Crippen molar-refractivity contribution in [3.05, 3.63) is 53.6 Å². The van der Waals surface area contributed by atoms with Crippen LogP contribution in [-0.2, 0) is 15.8 Å². The van der Waals surface area contributed by atoms with Crippen LogP contribution in [0.4, 0.5) is 18.9 Å². The first kappa shape index (κ1) is 23.5. The molecular formula is C25H23F3N2O4. The Morgan fingerprint density at radius 1 is 1.09 bits per heavy atom. The van der Waals surface area contributed by atoms with Crippen LogP contribution >= 0.6 is 0 Å². The molecule has 6 nitrogen and oxygen atoms in total. The number of rotatable bonds is 5. The van der Waals surface area contributed by atoms with Crippen molar-refractivity contribution in [2.24, 2.45) is 0 Å². The van der Waals surface area contributed by atoms with Gasteiger partial charge in [-0.05, 0) is 43.0 Å². The Hall–Kier alpha value is -3.67. The fourth-order valence-electron chi connectivity index (χ4n) is 4.38. The summed E-state index contributed by atoms with van der Waals surface area (Å²) in [4.78, 5) is 27.5. The van der Waals surface area contributed by atoms with Gasteiger partial charge in [-0.15, -0.1) is 6.42 Å². The maximum atomic E-state index is 13.6. The second kappa shape index (κ2) is 9.67. The lowest BCUT2D eigenvalue weighted by molar-refractivity contribution is -0.137. The summed E-state index contributed by atoms with van der Waals surface area (Å²) in [7, 11) is 0. The smallest absolute Gasteiger partial charge is 0.416 e. The van der Waals surface area contributed by atoms with Crippen molar-refractivity contribution in [3.8, 4) is 23.8 Å². The van der Waals surface area contributed by atoms with Gasteiger partial charge < -0.3 is 14.8 Å². The van der Waals surface area contributed by atoms with Crippen LogP contribution < -0.4 is 19.7 Å². The average Bonchev–Trinajstić information content (AvgIpc) is 3.31. The van der Waals surface area contributed by atoms with E-state index in [4.69, 9.17) is 15.9 Å². The van der Waals surface area contributed by atoms with E-state index in [2.05, 4.69) is 5.32 Å². The van der Waals surface area contributed by atoms with E-state index in [0.717, 1.165) is 49.1 Å². The van der Waals surface area contributed by atoms with Gasteiger partial charge >= 0.3 is 12.1 Å². The lowest BCUT2D eigenvalue weighted by Crippen LogP contribution is -2.47. The lowest BCUT2D eigenvalue weighted by atomic mass is 9.94. The summed E-state index contributed by atoms with van der Waals surface area (Å²) in [5.41, 5.74) is -0.855. The summed E-state index contributed by atoms with van der Waals surface area (Å²) in [5.74, 6) is 1.04. The quantitative estimate of drug-likeness (QED) is 0.647. The van der Waals surface area contributed by atoms with Gasteiger partial charge in [0.2, 0.25) is 12.7 Å². The number of ether oxygens (including phenoxy) is 2. The molecular weight excluding hydrogens is 449 g/mol. The molecule has 34 heavy (non-hydrogen) atoms. The molecule has 1 saturated carbocycles. The zero-order valence-electron chi connectivity index (χ0n) is 18.2. The van der Waals surface area contributed by atoms with Gasteiger partial charge in [0, 0.05) is 17.3 Å². The molecule has 1 aliphatic carbocycles. The molecule has 1 heterocycles. The second-order valence-electron chi connectivity index (χ2n) is 8.19. The van der Waals surface area contributed by atoms with E-state index >= 15 is 0 Å². The highest BCUT2D eigenvalue weighted by Crippen LogP contribution is 2.42. The molecule has 2 aromatic carbocycles. The number of hydrogen-bond acceptors (Lipinski definition) is 4. The van der Waals surface area contributed by atoms with E-state index in [0.29, 0.717) is 5.75 Å². The molecule has 0 spiro atoms. The predicted octanol–water partition coefficient (Wildman–Crippen LogP) is 4.59. The number of alkyl halides is 3. The van der Waals surface area contributed by atoms with Crippen LogP contribution in [0.5, 0.6) is 11.5 Å². The van der Waals surface area contributed by atoms with E-state index < -0.39 is 29.6 Å². The Labute approximate surface area is 195 Å². The number of nitrogens with zero attached hydrogens (tertiary/aromatic N) is 1. The topological polar surface area (TPSA) is 67.9 Å². The Morgan fingerprint density at radius 2 is 1.82 bits per heavy atom. The fourth-order valence-corrected chi connectivity index (χ4v) is 4.38. The molecule has 4 rings (SSSR count). The maximum Gasteiger partial charge on any atom is 0.416 e. The van der Waals surface area contributed by atoms with E-state index in [1.54, 1.807) is 18.2 Å². The largest absolute Gasteiger partial charge is 0.454 e. The molecule has 1 unspecified atom stereocenters. The first-order valence-electron chi connectivity index (χ1n) is 11.0. The number of para-hydroxylation sites is 1. The predicted molar refractivity (Wildman–Crippen MR) is 118 cm³/mol. The van der Waals surface area contributed by atoms with Crippen molar-refractivity contribution in [1.82, 2.24) is 5.32 Å². The Bertz CT molecular complexity index is 1120. The van der Waals surface area contributed by atoms with Gasteiger partial charge in [0.15, 0.2) is 11.5 Å². The van der Waals surface area contributed by atoms with Gasteiger partial charge in [0.1, 0.15) is 6.04 Å². The molecule has 1 aliphatic heterocycles. The summed E-state index contributed by atoms with van der Waals surface area (Å²) in [6, 6.07) is 7.52. The van der Waals surface area contributed by atoms with Gasteiger partial charge in [-0.25, -0.2) is 0 Å². The third-order valence-electron chi connectivity index (χ3n) is 5.97. The highest BCUT2D eigenvalue weighted by Gasteiger charge is 2.38. The summed E-state index contributed by atoms with van der Waals surface area (Å²) in [5, 5.41) is 2.96. The van der Waals surface area contributed by atoms with Crippen LogP contribution in [-0.4, -0.2) is 24.6 Å². The third kappa shape index (κ3) is 4.81. The molecule has 0 radical (unpaired) electrons. The van der Waals surface area contributed by atoms with Crippen molar-refractivity contribution in [2.75, 3.05) is 11.7 Å². The van der Waals surface area contributed by atoms with Crippen LogP contribution in [0.15, 0.2) is 42.5 Å². The van der Waals surface area contributed by atoms with Crippen LogP contribution in [0, 0.1) is 12.3 Å². The zero-order chi connectivity index (χ0) is 24.3. The van der Waals surface area contributed by atoms with Gasteiger partial charge in [-0.3, -0.25) is 14.5 Å². The number of hydrogen-bond donors (Lipinski definition) is 1. The number of benzene rings is 2. The first-order valence-corrected chi connectivity index (χ1v) is 11.0. The number of fused-ring (bicyclic) bond motifs is 1. The number of anilines is 1. The molecule has 9 heteroatoms. The van der Waals surface area contributed by atoms with Crippen molar-refractivity contribution < 1.29 is 32.2 Å².